The zero-order chi connectivity index (χ0) is 27.4. The third-order valence-corrected chi connectivity index (χ3v) is 8.02. The molecule has 0 saturated carbocycles. The van der Waals surface area contributed by atoms with Gasteiger partial charge < -0.3 is 29.9 Å². The molecule has 5 rings (SSSR count). The number of piperazine rings is 1. The second-order valence-corrected chi connectivity index (χ2v) is 10.5. The predicted octanol–water partition coefficient (Wildman–Crippen LogP) is 2.75. The molecule has 38 heavy (non-hydrogen) atoms. The predicted molar refractivity (Wildman–Crippen MR) is 141 cm³/mol. The van der Waals surface area contributed by atoms with Crippen molar-refractivity contribution in [2.24, 2.45) is 0 Å². The molecule has 2 aromatic rings. The molecule has 0 radical (unpaired) electrons. The van der Waals surface area contributed by atoms with E-state index in [2.05, 4.69) is 11.6 Å². The van der Waals surface area contributed by atoms with E-state index in [-0.39, 0.29) is 64.6 Å². The van der Waals surface area contributed by atoms with Crippen LogP contribution in [0.1, 0.15) is 30.6 Å². The van der Waals surface area contributed by atoms with Crippen molar-refractivity contribution in [2.45, 2.75) is 38.0 Å². The summed E-state index contributed by atoms with van der Waals surface area (Å²) in [4.78, 5) is 40.6. The summed E-state index contributed by atoms with van der Waals surface area (Å²) in [5, 5.41) is -0.0340. The number of nitrogens with two attached hydrogens (primary N) is 1. The average molecular weight is 545 g/mol. The third kappa shape index (κ3) is 4.14. The lowest BCUT2D eigenvalue weighted by molar-refractivity contribution is -0.128. The Hall–Kier alpha value is -3.44. The molecule has 2 amide bonds. The second kappa shape index (κ2) is 9.70. The minimum absolute atomic E-state index is 0.0259. The number of carbonyl (C=O) groups excluding carboxylic acids is 2. The Morgan fingerprint density at radius 2 is 2.05 bits per heavy atom. The number of hydrogen-bond acceptors (Lipinski definition) is 8. The Labute approximate surface area is 225 Å². The highest BCUT2D eigenvalue weighted by atomic mass is 35.5. The SMILES string of the molecule is C=CC(=O)N1CCN2C(=O)c3c(N4CCC(OC)C4(C)C)nc(-c4nc(N)ccc4F)c(Cl)c3OCC2C1. The van der Waals surface area contributed by atoms with E-state index in [1.807, 2.05) is 18.7 Å². The largest absolute Gasteiger partial charge is 0.489 e. The van der Waals surface area contributed by atoms with Crippen LogP contribution in [0.25, 0.3) is 11.4 Å². The van der Waals surface area contributed by atoms with E-state index in [1.54, 1.807) is 16.9 Å². The molecule has 10 nitrogen and oxygen atoms in total. The number of ether oxygens (including phenoxy) is 2. The number of pyridine rings is 2. The van der Waals surface area contributed by atoms with Crippen molar-refractivity contribution >= 4 is 35.1 Å². The Morgan fingerprint density at radius 3 is 2.74 bits per heavy atom. The van der Waals surface area contributed by atoms with Gasteiger partial charge in [0, 0.05) is 33.3 Å². The van der Waals surface area contributed by atoms with Crippen molar-refractivity contribution in [1.82, 2.24) is 19.8 Å². The number of halogens is 2. The van der Waals surface area contributed by atoms with Crippen molar-refractivity contribution in [3.05, 3.63) is 41.2 Å². The molecule has 0 aromatic carbocycles. The Bertz CT molecular complexity index is 1320. The van der Waals surface area contributed by atoms with Gasteiger partial charge in [-0.15, -0.1) is 0 Å². The molecule has 12 heteroatoms. The van der Waals surface area contributed by atoms with Crippen LogP contribution in [0.3, 0.4) is 0 Å². The number of rotatable bonds is 4. The van der Waals surface area contributed by atoms with Crippen molar-refractivity contribution in [2.75, 3.05) is 50.5 Å². The summed E-state index contributed by atoms with van der Waals surface area (Å²) in [6, 6.07) is 2.12. The van der Waals surface area contributed by atoms with Crippen LogP contribution in [-0.4, -0.2) is 89.2 Å². The fourth-order valence-corrected chi connectivity index (χ4v) is 5.88. The van der Waals surface area contributed by atoms with Gasteiger partial charge >= 0.3 is 0 Å². The topological polar surface area (TPSA) is 114 Å². The van der Waals surface area contributed by atoms with Gasteiger partial charge in [-0.1, -0.05) is 18.2 Å². The maximum absolute atomic E-state index is 15.0. The standard InChI is InChI=1S/C26H30ClFN6O4/c1-5-18(35)32-10-11-33-14(12-32)13-38-23-19(25(33)36)24(34-9-8-16(37-4)26(34,2)3)31-22(20(23)27)21-15(28)6-7-17(29)30-21/h5-7,14,16H,1,8-13H2,2-4H3,(H2,29,30). The molecule has 0 aliphatic carbocycles. The van der Waals surface area contributed by atoms with E-state index >= 15 is 0 Å². The van der Waals surface area contributed by atoms with Crippen LogP contribution in [0.4, 0.5) is 16.0 Å². The van der Waals surface area contributed by atoms with Gasteiger partial charge in [-0.05, 0) is 38.5 Å². The number of nitrogen functional groups attached to an aromatic ring is 1. The molecule has 2 saturated heterocycles. The van der Waals surface area contributed by atoms with Crippen LogP contribution in [0.5, 0.6) is 5.75 Å². The van der Waals surface area contributed by atoms with Gasteiger partial charge in [0.25, 0.3) is 5.91 Å². The van der Waals surface area contributed by atoms with Gasteiger partial charge in [0.2, 0.25) is 5.91 Å². The summed E-state index contributed by atoms with van der Waals surface area (Å²) >= 11 is 6.80. The van der Waals surface area contributed by atoms with Crippen LogP contribution >= 0.6 is 11.6 Å². The Morgan fingerprint density at radius 1 is 1.29 bits per heavy atom. The minimum atomic E-state index is -0.661. The molecule has 2 fully saturated rings. The Kier molecular flexibility index (Phi) is 6.68. The average Bonchev–Trinajstić information content (AvgIpc) is 3.12. The fourth-order valence-electron chi connectivity index (χ4n) is 5.60. The molecule has 2 N–H and O–H groups in total. The van der Waals surface area contributed by atoms with Crippen LogP contribution in [-0.2, 0) is 9.53 Å². The van der Waals surface area contributed by atoms with E-state index in [0.29, 0.717) is 31.9 Å². The van der Waals surface area contributed by atoms with E-state index in [0.717, 1.165) is 0 Å². The lowest BCUT2D eigenvalue weighted by Gasteiger charge is -2.40. The summed E-state index contributed by atoms with van der Waals surface area (Å²) in [7, 11) is 1.64. The molecular formula is C26H30ClFN6O4. The van der Waals surface area contributed by atoms with Gasteiger partial charge in [-0.3, -0.25) is 9.59 Å². The van der Waals surface area contributed by atoms with E-state index < -0.39 is 17.4 Å². The number of carbonyl (C=O) groups is 2. The van der Waals surface area contributed by atoms with Gasteiger partial charge in [0.15, 0.2) is 11.6 Å². The highest BCUT2D eigenvalue weighted by Gasteiger charge is 2.47. The zero-order valence-electron chi connectivity index (χ0n) is 21.5. The van der Waals surface area contributed by atoms with Gasteiger partial charge in [-0.2, -0.15) is 0 Å². The molecule has 0 spiro atoms. The van der Waals surface area contributed by atoms with Gasteiger partial charge in [-0.25, -0.2) is 14.4 Å². The van der Waals surface area contributed by atoms with Crippen LogP contribution < -0.4 is 15.4 Å². The van der Waals surface area contributed by atoms with Crippen LogP contribution in [0.2, 0.25) is 5.02 Å². The number of fused-ring (bicyclic) bond motifs is 2. The number of aromatic nitrogens is 2. The fraction of sp³-hybridized carbons (Fsp3) is 0.462. The summed E-state index contributed by atoms with van der Waals surface area (Å²) in [6.45, 7) is 9.13. The molecule has 2 atom stereocenters. The lowest BCUT2D eigenvalue weighted by atomic mass is 9.97. The quantitative estimate of drug-likeness (QED) is 0.584. The number of nitrogens with zero attached hydrogens (tertiary/aromatic N) is 5. The first-order valence-electron chi connectivity index (χ1n) is 12.4. The van der Waals surface area contributed by atoms with Crippen molar-refractivity contribution < 1.29 is 23.5 Å². The summed E-state index contributed by atoms with van der Waals surface area (Å²) < 4.78 is 26.9. The first-order valence-corrected chi connectivity index (χ1v) is 12.8. The molecule has 2 unspecified atom stereocenters. The summed E-state index contributed by atoms with van der Waals surface area (Å²) in [5.41, 5.74) is 5.39. The molecule has 2 aromatic heterocycles. The first kappa shape index (κ1) is 26.2. The monoisotopic (exact) mass is 544 g/mol. The van der Waals surface area contributed by atoms with Crippen LogP contribution in [0, 0.1) is 5.82 Å². The summed E-state index contributed by atoms with van der Waals surface area (Å²) in [6.07, 6.45) is 1.82. The Balaban J connectivity index is 1.69. The number of anilines is 2. The minimum Gasteiger partial charge on any atom is -0.489 e. The van der Waals surface area contributed by atoms with Crippen molar-refractivity contribution in [1.29, 1.82) is 0 Å². The normalized spacial score (nSPS) is 22.4. The van der Waals surface area contributed by atoms with E-state index in [4.69, 9.17) is 31.8 Å². The summed E-state index contributed by atoms with van der Waals surface area (Å²) in [5.74, 6) is -0.685. The molecular weight excluding hydrogens is 515 g/mol. The maximum atomic E-state index is 15.0. The third-order valence-electron chi connectivity index (χ3n) is 7.67. The van der Waals surface area contributed by atoms with Crippen molar-refractivity contribution in [3.8, 4) is 17.1 Å². The van der Waals surface area contributed by atoms with E-state index in [9.17, 15) is 14.0 Å². The highest BCUT2D eigenvalue weighted by molar-refractivity contribution is 6.35. The number of hydrogen-bond donors (Lipinski definition) is 1. The highest BCUT2D eigenvalue weighted by Crippen LogP contribution is 2.46. The molecule has 0 bridgehead atoms. The molecule has 3 aliphatic rings. The van der Waals surface area contributed by atoms with Crippen LogP contribution in [0.15, 0.2) is 24.8 Å². The number of methoxy groups -OCH3 is 1. The smallest absolute Gasteiger partial charge is 0.261 e. The molecule has 3 aliphatic heterocycles. The zero-order valence-corrected chi connectivity index (χ0v) is 22.3. The second-order valence-electron chi connectivity index (χ2n) is 10.1. The first-order chi connectivity index (χ1) is 18.1. The van der Waals surface area contributed by atoms with Crippen molar-refractivity contribution in [3.63, 3.8) is 0 Å². The van der Waals surface area contributed by atoms with E-state index in [1.165, 1.54) is 18.2 Å². The van der Waals surface area contributed by atoms with Gasteiger partial charge in [0.05, 0.1) is 17.7 Å². The molecule has 202 valence electrons. The lowest BCUT2D eigenvalue weighted by Crippen LogP contribution is -2.57. The molecule has 5 heterocycles. The maximum Gasteiger partial charge on any atom is 0.261 e. The number of amides is 2. The van der Waals surface area contributed by atoms with Gasteiger partial charge in [0.1, 0.15) is 40.2 Å².